The molecule has 22 heavy (non-hydrogen) atoms. The standard InChI is InChI=1S/C19H18N2.HI/c1-2-21-18(13-12-16-8-6-7-11-19(16)21)14-15-20-17-9-4-3-5-10-17;/h3-15H,2H2,1H3;1H. The molecule has 0 spiro atoms. The highest BCUT2D eigenvalue weighted by atomic mass is 127. The lowest BCUT2D eigenvalue weighted by Gasteiger charge is -2.03. The maximum absolute atomic E-state index is 3.30. The van der Waals surface area contributed by atoms with Crippen LogP contribution in [0.25, 0.3) is 17.0 Å². The van der Waals surface area contributed by atoms with Crippen LogP contribution in [0.4, 0.5) is 5.69 Å². The molecule has 0 aliphatic heterocycles. The van der Waals surface area contributed by atoms with Crippen molar-refractivity contribution in [3.05, 3.63) is 78.6 Å². The summed E-state index contributed by atoms with van der Waals surface area (Å²) in [5, 5.41) is 4.57. The van der Waals surface area contributed by atoms with Crippen LogP contribution < -0.4 is 33.9 Å². The molecule has 1 heterocycles. The second-order valence-corrected chi connectivity index (χ2v) is 4.90. The van der Waals surface area contributed by atoms with Crippen molar-refractivity contribution in [2.45, 2.75) is 13.5 Å². The normalized spacial score (nSPS) is 10.6. The van der Waals surface area contributed by atoms with Gasteiger partial charge in [0.1, 0.15) is 6.54 Å². The first kappa shape index (κ1) is 16.5. The molecule has 0 fully saturated rings. The lowest BCUT2D eigenvalue weighted by atomic mass is 10.2. The Bertz CT molecular complexity index is 767. The summed E-state index contributed by atoms with van der Waals surface area (Å²) in [6.07, 6.45) is 4.11. The Hall–Kier alpha value is -1.88. The zero-order valence-corrected chi connectivity index (χ0v) is 14.7. The zero-order chi connectivity index (χ0) is 14.5. The van der Waals surface area contributed by atoms with Gasteiger partial charge in [-0.1, -0.05) is 30.3 Å². The third-order valence-corrected chi connectivity index (χ3v) is 3.57. The first-order valence-corrected chi connectivity index (χ1v) is 7.28. The number of aryl methyl sites for hydroxylation is 1. The van der Waals surface area contributed by atoms with E-state index in [0.717, 1.165) is 12.2 Å². The van der Waals surface area contributed by atoms with Crippen molar-refractivity contribution in [3.8, 4) is 0 Å². The Morgan fingerprint density at radius 2 is 1.64 bits per heavy atom. The van der Waals surface area contributed by atoms with E-state index in [1.165, 1.54) is 16.6 Å². The number of nitrogens with zero attached hydrogens (tertiary/aromatic N) is 1. The molecule has 1 aromatic heterocycles. The van der Waals surface area contributed by atoms with E-state index in [0.29, 0.717) is 0 Å². The molecule has 0 aliphatic carbocycles. The Kier molecular flexibility index (Phi) is 5.95. The highest BCUT2D eigenvalue weighted by Crippen LogP contribution is 2.12. The van der Waals surface area contributed by atoms with Gasteiger partial charge >= 0.3 is 0 Å². The molecule has 0 amide bonds. The van der Waals surface area contributed by atoms with Gasteiger partial charge in [0.15, 0.2) is 0 Å². The summed E-state index contributed by atoms with van der Waals surface area (Å²) in [6, 6.07) is 23.0. The van der Waals surface area contributed by atoms with Crippen LogP contribution in [0, 0.1) is 0 Å². The van der Waals surface area contributed by atoms with Crippen LogP contribution in [-0.2, 0) is 6.54 Å². The largest absolute Gasteiger partial charge is 1.00 e. The van der Waals surface area contributed by atoms with Gasteiger partial charge in [0.05, 0.1) is 0 Å². The van der Waals surface area contributed by atoms with E-state index in [1.54, 1.807) is 0 Å². The smallest absolute Gasteiger partial charge is 0.212 e. The van der Waals surface area contributed by atoms with Crippen molar-refractivity contribution in [1.82, 2.24) is 0 Å². The average Bonchev–Trinajstić information content (AvgIpc) is 2.55. The number of halogens is 1. The Labute approximate surface area is 148 Å². The number of pyridine rings is 1. The minimum Gasteiger partial charge on any atom is -1.00 e. The first-order chi connectivity index (χ1) is 10.4. The molecule has 0 radical (unpaired) electrons. The van der Waals surface area contributed by atoms with Gasteiger partial charge in [-0.2, -0.15) is 4.57 Å². The Morgan fingerprint density at radius 3 is 2.41 bits per heavy atom. The molecule has 3 rings (SSSR count). The summed E-state index contributed by atoms with van der Waals surface area (Å²) in [7, 11) is 0. The number of aromatic nitrogens is 1. The lowest BCUT2D eigenvalue weighted by molar-refractivity contribution is -0.669. The maximum atomic E-state index is 3.30. The molecule has 0 saturated carbocycles. The van der Waals surface area contributed by atoms with E-state index in [-0.39, 0.29) is 24.0 Å². The van der Waals surface area contributed by atoms with E-state index in [1.807, 2.05) is 24.4 Å². The second kappa shape index (κ2) is 7.94. The molecule has 3 aromatic rings. The molecule has 0 unspecified atom stereocenters. The molecular weight excluding hydrogens is 383 g/mol. The van der Waals surface area contributed by atoms with Crippen LogP contribution in [0.1, 0.15) is 12.6 Å². The van der Waals surface area contributed by atoms with Gasteiger partial charge in [0.25, 0.3) is 0 Å². The summed E-state index contributed by atoms with van der Waals surface area (Å²) < 4.78 is 2.32. The van der Waals surface area contributed by atoms with Crippen molar-refractivity contribution >= 4 is 22.7 Å². The molecule has 0 atom stereocenters. The summed E-state index contributed by atoms with van der Waals surface area (Å²) >= 11 is 0. The molecular formula is C19H19IN2. The first-order valence-electron chi connectivity index (χ1n) is 7.28. The highest BCUT2D eigenvalue weighted by Gasteiger charge is 2.10. The molecule has 1 N–H and O–H groups in total. The van der Waals surface area contributed by atoms with Gasteiger partial charge in [0.2, 0.25) is 11.2 Å². The van der Waals surface area contributed by atoms with Gasteiger partial charge < -0.3 is 29.3 Å². The predicted molar refractivity (Wildman–Crippen MR) is 88.9 cm³/mol. The average molecular weight is 402 g/mol. The number of para-hydroxylation sites is 2. The molecule has 2 aromatic carbocycles. The van der Waals surface area contributed by atoms with Crippen molar-refractivity contribution < 1.29 is 28.5 Å². The second-order valence-electron chi connectivity index (χ2n) is 4.90. The van der Waals surface area contributed by atoms with Gasteiger partial charge in [0, 0.05) is 35.5 Å². The number of hydrogen-bond acceptors (Lipinski definition) is 1. The van der Waals surface area contributed by atoms with Crippen LogP contribution in [-0.4, -0.2) is 0 Å². The minimum absolute atomic E-state index is 0. The zero-order valence-electron chi connectivity index (χ0n) is 12.5. The van der Waals surface area contributed by atoms with Crippen LogP contribution in [0.5, 0.6) is 0 Å². The molecule has 0 saturated heterocycles. The number of nitrogens with one attached hydrogen (secondary N) is 1. The van der Waals surface area contributed by atoms with Crippen molar-refractivity contribution in [3.63, 3.8) is 0 Å². The Balaban J connectivity index is 0.00000176. The fraction of sp³-hybridized carbons (Fsp3) is 0.105. The number of benzene rings is 2. The number of rotatable bonds is 4. The topological polar surface area (TPSA) is 15.9 Å². The van der Waals surface area contributed by atoms with E-state index in [4.69, 9.17) is 0 Å². The summed E-state index contributed by atoms with van der Waals surface area (Å²) in [6.45, 7) is 3.13. The van der Waals surface area contributed by atoms with E-state index < -0.39 is 0 Å². The van der Waals surface area contributed by atoms with E-state index >= 15 is 0 Å². The molecule has 112 valence electrons. The fourth-order valence-corrected chi connectivity index (χ4v) is 2.53. The minimum atomic E-state index is 0. The van der Waals surface area contributed by atoms with Crippen LogP contribution in [0.2, 0.25) is 0 Å². The number of anilines is 1. The van der Waals surface area contributed by atoms with Crippen molar-refractivity contribution in [2.75, 3.05) is 5.32 Å². The molecule has 0 bridgehead atoms. The third-order valence-electron chi connectivity index (χ3n) is 3.57. The third kappa shape index (κ3) is 3.65. The van der Waals surface area contributed by atoms with Gasteiger partial charge in [-0.3, -0.25) is 0 Å². The molecule has 2 nitrogen and oxygen atoms in total. The quantitative estimate of drug-likeness (QED) is 0.513. The monoisotopic (exact) mass is 402 g/mol. The number of fused-ring (bicyclic) bond motifs is 1. The van der Waals surface area contributed by atoms with Gasteiger partial charge in [-0.15, -0.1) is 0 Å². The molecule has 0 aliphatic rings. The lowest BCUT2D eigenvalue weighted by Crippen LogP contribution is -3.00. The van der Waals surface area contributed by atoms with Crippen LogP contribution >= 0.6 is 0 Å². The number of hydrogen-bond donors (Lipinski definition) is 1. The van der Waals surface area contributed by atoms with Crippen molar-refractivity contribution in [2.24, 2.45) is 0 Å². The van der Waals surface area contributed by atoms with E-state index in [9.17, 15) is 0 Å². The summed E-state index contributed by atoms with van der Waals surface area (Å²) in [5.41, 5.74) is 3.55. The van der Waals surface area contributed by atoms with Crippen LogP contribution in [0.3, 0.4) is 0 Å². The van der Waals surface area contributed by atoms with Gasteiger partial charge in [-0.25, -0.2) is 0 Å². The van der Waals surface area contributed by atoms with E-state index in [2.05, 4.69) is 71.4 Å². The summed E-state index contributed by atoms with van der Waals surface area (Å²) in [4.78, 5) is 0. The maximum Gasteiger partial charge on any atom is 0.212 e. The predicted octanol–water partition coefficient (Wildman–Crippen LogP) is 1.23. The fourth-order valence-electron chi connectivity index (χ4n) is 2.53. The van der Waals surface area contributed by atoms with Crippen LogP contribution in [0.15, 0.2) is 72.9 Å². The molecule has 3 heteroatoms. The highest BCUT2D eigenvalue weighted by molar-refractivity contribution is 5.76. The van der Waals surface area contributed by atoms with Gasteiger partial charge in [-0.05, 0) is 31.2 Å². The van der Waals surface area contributed by atoms with Crippen molar-refractivity contribution in [1.29, 1.82) is 0 Å². The Morgan fingerprint density at radius 1 is 0.909 bits per heavy atom. The SMILES string of the molecule is CC[n+]1c(/C=C/Nc2ccccc2)ccc2ccccc21.[I-]. The summed E-state index contributed by atoms with van der Waals surface area (Å²) in [5.74, 6) is 0.